The van der Waals surface area contributed by atoms with Crippen molar-refractivity contribution < 1.29 is 8.42 Å². The number of aromatic nitrogens is 1. The first kappa shape index (κ1) is 17.2. The highest BCUT2D eigenvalue weighted by atomic mass is 32.2. The van der Waals surface area contributed by atoms with Crippen LogP contribution in [0.15, 0.2) is 23.2 Å². The maximum Gasteiger partial charge on any atom is 0.244 e. The molecule has 0 bridgehead atoms. The molecule has 0 aliphatic carbocycles. The summed E-state index contributed by atoms with van der Waals surface area (Å²) < 4.78 is 27.3. The van der Waals surface area contributed by atoms with Gasteiger partial charge in [-0.05, 0) is 31.2 Å². The summed E-state index contributed by atoms with van der Waals surface area (Å²) in [5.41, 5.74) is 2.31. The minimum absolute atomic E-state index is 0.0599. The molecule has 0 fully saturated rings. The van der Waals surface area contributed by atoms with Crippen molar-refractivity contribution in [1.29, 1.82) is 0 Å². The highest BCUT2D eigenvalue weighted by Gasteiger charge is 2.28. The van der Waals surface area contributed by atoms with Gasteiger partial charge in [0.05, 0.1) is 0 Å². The van der Waals surface area contributed by atoms with Gasteiger partial charge in [0.15, 0.2) is 5.82 Å². The number of sulfonamides is 1. The number of hydrogen-bond acceptors (Lipinski definition) is 6. The first-order valence-corrected chi connectivity index (χ1v) is 9.12. The molecule has 1 rings (SSSR count). The lowest BCUT2D eigenvalue weighted by atomic mass is 10.0. The Labute approximate surface area is 124 Å². The Balaban J connectivity index is 2.96. The minimum Gasteiger partial charge on any atom is -0.307 e. The van der Waals surface area contributed by atoms with Crippen LogP contribution in [0.3, 0.4) is 0 Å². The van der Waals surface area contributed by atoms with E-state index in [-0.39, 0.29) is 15.5 Å². The molecule has 20 heavy (non-hydrogen) atoms. The maximum absolute atomic E-state index is 12.4. The molecule has 114 valence electrons. The quantitative estimate of drug-likeness (QED) is 0.497. The Kier molecular flexibility index (Phi) is 6.25. The zero-order valence-corrected chi connectivity index (χ0v) is 13.6. The topological polar surface area (TPSA) is 97.1 Å². The Morgan fingerprint density at radius 1 is 1.40 bits per heavy atom. The number of nitrogens with zero attached hydrogens (tertiary/aromatic N) is 1. The van der Waals surface area contributed by atoms with E-state index in [9.17, 15) is 8.42 Å². The minimum atomic E-state index is -3.63. The first-order valence-electron chi connectivity index (χ1n) is 6.41. The first-order chi connectivity index (χ1) is 9.44. The average molecular weight is 318 g/mol. The lowest BCUT2D eigenvalue weighted by Gasteiger charge is -2.29. The Hall–Kier alpha value is -0.830. The Morgan fingerprint density at radius 3 is 2.55 bits per heavy atom. The molecule has 0 saturated heterocycles. The second kappa shape index (κ2) is 7.26. The van der Waals surface area contributed by atoms with Crippen LogP contribution in [0, 0.1) is 0 Å². The van der Waals surface area contributed by atoms with Crippen molar-refractivity contribution in [2.24, 2.45) is 5.84 Å². The molecule has 0 spiro atoms. The van der Waals surface area contributed by atoms with Crippen LogP contribution in [-0.4, -0.2) is 30.9 Å². The molecule has 1 heterocycles. The smallest absolute Gasteiger partial charge is 0.244 e. The largest absolute Gasteiger partial charge is 0.307 e. The Morgan fingerprint density at radius 2 is 2.05 bits per heavy atom. The van der Waals surface area contributed by atoms with Crippen molar-refractivity contribution >= 4 is 27.6 Å². The summed E-state index contributed by atoms with van der Waals surface area (Å²) in [6, 6.07) is 3.04. The van der Waals surface area contributed by atoms with E-state index in [1.54, 1.807) is 17.8 Å². The lowest BCUT2D eigenvalue weighted by molar-refractivity contribution is 0.522. The molecular formula is C12H22N4O2S2. The maximum atomic E-state index is 12.4. The standard InChI is InChI=1S/C12H22N4O2S2/c1-4-12(5-2,19-3)9-15-20(17,18)10-7-6-8-14-11(10)16-13/h6-8,15H,4-5,9,13H2,1-3H3,(H,14,16). The van der Waals surface area contributed by atoms with Crippen molar-refractivity contribution in [3.63, 3.8) is 0 Å². The Bertz CT molecular complexity index is 522. The summed E-state index contributed by atoms with van der Waals surface area (Å²) in [6.07, 6.45) is 5.27. The number of thioether (sulfide) groups is 1. The highest BCUT2D eigenvalue weighted by molar-refractivity contribution is 8.00. The van der Waals surface area contributed by atoms with Crippen molar-refractivity contribution in [3.8, 4) is 0 Å². The predicted octanol–water partition coefficient (Wildman–Crippen LogP) is 1.57. The van der Waals surface area contributed by atoms with Gasteiger partial charge < -0.3 is 5.43 Å². The van der Waals surface area contributed by atoms with E-state index < -0.39 is 10.0 Å². The molecule has 0 unspecified atom stereocenters. The monoisotopic (exact) mass is 318 g/mol. The van der Waals surface area contributed by atoms with Gasteiger partial charge in [-0.1, -0.05) is 13.8 Å². The number of nitrogens with one attached hydrogen (secondary N) is 2. The van der Waals surface area contributed by atoms with Crippen molar-refractivity contribution in [3.05, 3.63) is 18.3 Å². The average Bonchev–Trinajstić information content (AvgIpc) is 2.49. The van der Waals surface area contributed by atoms with Gasteiger partial charge in [-0.3, -0.25) is 0 Å². The molecule has 0 aromatic carbocycles. The zero-order valence-electron chi connectivity index (χ0n) is 12.0. The van der Waals surface area contributed by atoms with Crippen LogP contribution in [0.1, 0.15) is 26.7 Å². The van der Waals surface area contributed by atoms with Crippen LogP contribution in [0.2, 0.25) is 0 Å². The molecule has 0 aliphatic heterocycles. The summed E-state index contributed by atoms with van der Waals surface area (Å²) in [4.78, 5) is 3.97. The zero-order chi connectivity index (χ0) is 15.2. The van der Waals surface area contributed by atoms with E-state index in [4.69, 9.17) is 5.84 Å². The van der Waals surface area contributed by atoms with Crippen molar-refractivity contribution in [2.45, 2.75) is 36.3 Å². The van der Waals surface area contributed by atoms with Crippen LogP contribution in [0.25, 0.3) is 0 Å². The van der Waals surface area contributed by atoms with E-state index in [1.807, 2.05) is 6.26 Å². The molecule has 0 amide bonds. The fourth-order valence-electron chi connectivity index (χ4n) is 1.88. The normalized spacial score (nSPS) is 12.4. The summed E-state index contributed by atoms with van der Waals surface area (Å²) in [6.45, 7) is 4.50. The number of pyridine rings is 1. The third kappa shape index (κ3) is 3.85. The molecule has 1 aromatic heterocycles. The molecule has 6 nitrogen and oxygen atoms in total. The second-order valence-corrected chi connectivity index (χ2v) is 7.42. The van der Waals surface area contributed by atoms with Crippen molar-refractivity contribution in [2.75, 3.05) is 18.2 Å². The number of hydrogen-bond donors (Lipinski definition) is 3. The molecule has 4 N–H and O–H groups in total. The molecule has 0 aliphatic rings. The molecule has 8 heteroatoms. The van der Waals surface area contributed by atoms with E-state index in [1.165, 1.54) is 12.3 Å². The summed E-state index contributed by atoms with van der Waals surface area (Å²) in [5, 5.41) is 0. The number of nitrogens with two attached hydrogens (primary N) is 1. The van der Waals surface area contributed by atoms with Gasteiger partial charge in [0.1, 0.15) is 4.90 Å². The fourth-order valence-corrected chi connectivity index (χ4v) is 4.01. The van der Waals surface area contributed by atoms with E-state index in [0.29, 0.717) is 6.54 Å². The predicted molar refractivity (Wildman–Crippen MR) is 84.1 cm³/mol. The van der Waals surface area contributed by atoms with Gasteiger partial charge in [-0.15, -0.1) is 0 Å². The van der Waals surface area contributed by atoms with Gasteiger partial charge in [0, 0.05) is 17.5 Å². The van der Waals surface area contributed by atoms with Gasteiger partial charge in [0.2, 0.25) is 10.0 Å². The van der Waals surface area contributed by atoms with E-state index >= 15 is 0 Å². The van der Waals surface area contributed by atoms with E-state index in [2.05, 4.69) is 29.0 Å². The summed E-state index contributed by atoms with van der Waals surface area (Å²) in [7, 11) is -3.63. The third-order valence-electron chi connectivity index (χ3n) is 3.50. The van der Waals surface area contributed by atoms with Crippen LogP contribution in [-0.2, 0) is 10.0 Å². The number of nitrogen functional groups attached to an aromatic ring is 1. The molecule has 1 aromatic rings. The second-order valence-electron chi connectivity index (χ2n) is 4.41. The van der Waals surface area contributed by atoms with Gasteiger partial charge >= 0.3 is 0 Å². The molecule has 0 saturated carbocycles. The number of rotatable bonds is 8. The van der Waals surface area contributed by atoms with Gasteiger partial charge in [-0.25, -0.2) is 24.0 Å². The summed E-state index contributed by atoms with van der Waals surface area (Å²) in [5.74, 6) is 5.44. The molecular weight excluding hydrogens is 296 g/mol. The van der Waals surface area contributed by atoms with Crippen LogP contribution < -0.4 is 16.0 Å². The SMILES string of the molecule is CCC(CC)(CNS(=O)(=O)c1cccnc1NN)SC. The number of anilines is 1. The van der Waals surface area contributed by atoms with Crippen LogP contribution in [0.4, 0.5) is 5.82 Å². The molecule has 0 atom stereocenters. The highest BCUT2D eigenvalue weighted by Crippen LogP contribution is 2.30. The number of hydrazine groups is 1. The van der Waals surface area contributed by atoms with Crippen LogP contribution in [0.5, 0.6) is 0 Å². The van der Waals surface area contributed by atoms with Gasteiger partial charge in [0.25, 0.3) is 0 Å². The van der Waals surface area contributed by atoms with E-state index in [0.717, 1.165) is 12.8 Å². The molecule has 0 radical (unpaired) electrons. The third-order valence-corrected chi connectivity index (χ3v) is 6.52. The lowest BCUT2D eigenvalue weighted by Crippen LogP contribution is -2.39. The van der Waals surface area contributed by atoms with Crippen LogP contribution >= 0.6 is 11.8 Å². The van der Waals surface area contributed by atoms with Gasteiger partial charge in [-0.2, -0.15) is 11.8 Å². The summed E-state index contributed by atoms with van der Waals surface area (Å²) >= 11 is 1.68. The fraction of sp³-hybridized carbons (Fsp3) is 0.583. The van der Waals surface area contributed by atoms with Crippen molar-refractivity contribution in [1.82, 2.24) is 9.71 Å².